The molecule has 0 spiro atoms. The predicted molar refractivity (Wildman–Crippen MR) is 231 cm³/mol. The molecule has 6 N–H and O–H groups in total. The van der Waals surface area contributed by atoms with E-state index in [9.17, 15) is 32.4 Å². The molecule has 5 amide bonds. The molecule has 4 aromatic rings. The Hall–Kier alpha value is -5.30. The predicted octanol–water partition coefficient (Wildman–Crippen LogP) is 4.22. The number of likely N-dealkylation sites (tertiary alicyclic amines) is 1. The van der Waals surface area contributed by atoms with Crippen molar-refractivity contribution in [2.45, 2.75) is 69.2 Å². The third-order valence-corrected chi connectivity index (χ3v) is 15.3. The zero-order chi connectivity index (χ0) is 41.6. The van der Waals surface area contributed by atoms with Gasteiger partial charge in [0.15, 0.2) is 0 Å². The van der Waals surface area contributed by atoms with Crippen LogP contribution >= 0.6 is 22.7 Å². The number of hydrogen-bond acceptors (Lipinski definition) is 11. The van der Waals surface area contributed by atoms with E-state index in [0.29, 0.717) is 77.7 Å². The highest BCUT2D eigenvalue weighted by Gasteiger charge is 2.38. The Kier molecular flexibility index (Phi) is 11.2. The summed E-state index contributed by atoms with van der Waals surface area (Å²) < 4.78 is 29.9. The summed E-state index contributed by atoms with van der Waals surface area (Å²) in [7, 11) is -3.92. The first-order chi connectivity index (χ1) is 28.3. The molecule has 6 heterocycles. The molecule has 15 nitrogen and oxygen atoms in total. The molecule has 4 aliphatic heterocycles. The molecule has 8 rings (SSSR count). The first-order valence-corrected chi connectivity index (χ1v) is 22.9. The number of thiophene rings is 2. The van der Waals surface area contributed by atoms with Crippen LogP contribution in [0.5, 0.6) is 0 Å². The number of hydrogen-bond donors (Lipinski definition) is 6. The van der Waals surface area contributed by atoms with Gasteiger partial charge in [-0.1, -0.05) is 13.2 Å². The van der Waals surface area contributed by atoms with Crippen LogP contribution in [0.3, 0.4) is 0 Å². The van der Waals surface area contributed by atoms with Crippen molar-refractivity contribution >= 4 is 93.8 Å². The van der Waals surface area contributed by atoms with Gasteiger partial charge in [0, 0.05) is 99.6 Å². The van der Waals surface area contributed by atoms with Gasteiger partial charge in [0.1, 0.15) is 9.75 Å². The number of fused-ring (bicyclic) bond motifs is 6. The van der Waals surface area contributed by atoms with Crippen LogP contribution in [0.15, 0.2) is 61.0 Å². The fourth-order valence-corrected chi connectivity index (χ4v) is 11.8. The van der Waals surface area contributed by atoms with Gasteiger partial charge in [-0.25, -0.2) is 8.42 Å². The maximum atomic E-state index is 13.7. The summed E-state index contributed by atoms with van der Waals surface area (Å²) in [5.74, 6) is -1.23. The molecule has 2 aromatic carbocycles. The molecule has 2 fully saturated rings. The lowest BCUT2D eigenvalue weighted by Crippen LogP contribution is -2.55. The van der Waals surface area contributed by atoms with Crippen LogP contribution in [0, 0.1) is 0 Å². The zero-order valence-electron chi connectivity index (χ0n) is 32.5. The highest BCUT2D eigenvalue weighted by Crippen LogP contribution is 2.39. The van der Waals surface area contributed by atoms with Crippen molar-refractivity contribution in [3.8, 4) is 0 Å². The van der Waals surface area contributed by atoms with Crippen molar-refractivity contribution in [3.05, 3.63) is 81.9 Å². The van der Waals surface area contributed by atoms with E-state index in [4.69, 9.17) is 0 Å². The number of anilines is 2. The number of piperidine rings is 2. The molecule has 18 heteroatoms. The number of carbonyl (C=O) groups is 5. The van der Waals surface area contributed by atoms with E-state index < -0.39 is 28.1 Å². The summed E-state index contributed by atoms with van der Waals surface area (Å²) in [4.78, 5) is 68.3. The highest BCUT2D eigenvalue weighted by molar-refractivity contribution is 7.92. The van der Waals surface area contributed by atoms with Crippen molar-refractivity contribution in [1.29, 1.82) is 0 Å². The van der Waals surface area contributed by atoms with Gasteiger partial charge >= 0.3 is 0 Å². The monoisotopic (exact) mass is 858 g/mol. The summed E-state index contributed by atoms with van der Waals surface area (Å²) in [5.41, 5.74) is 2.15. The smallest absolute Gasteiger partial charge is 0.263 e. The largest absolute Gasteiger partial charge is 0.381 e. The quantitative estimate of drug-likeness (QED) is 0.134. The number of nitrogens with one attached hydrogen (secondary N) is 6. The summed E-state index contributed by atoms with van der Waals surface area (Å²) in [6, 6.07) is 8.98. The number of sulfonamides is 1. The molecule has 0 radical (unpaired) electrons. The SMILES string of the molecule is C=CC(=O)N1CCCC(NC(=O)c2ccc3sc4c(c3c2)NCC(CC2CCC(NC(=O)c3ccc5sc6c(c5c3)NCC(C)NC6=O)CN2S(=O)(=O)C=C)NC4=O)C1. The Morgan fingerprint density at radius 2 is 1.42 bits per heavy atom. The van der Waals surface area contributed by atoms with E-state index in [1.165, 1.54) is 33.1 Å². The number of amides is 5. The number of benzene rings is 2. The topological polar surface area (TPSA) is 198 Å². The minimum absolute atomic E-state index is 0.0286. The standard InChI is InChI=1S/C41H46N8O7S3/c1-4-33(50)48-14-6-7-25(20-48)45-38(51)23-8-13-32-30(16-23)35-37(58-32)41(54)47-27(19-43-35)17-28-11-10-26(21-49(28)59(55,56)5-2)46-39(52)24-9-12-31-29(15-24)34-36(57-31)40(53)44-22(3)18-42-34/h4-5,8-9,12-13,15-16,22,25-28,42-43H,1-2,6-7,10-11,14,17-21H2,3H3,(H,44,53)(H,45,51)(H,46,52)(H,47,54). The van der Waals surface area contributed by atoms with Crippen molar-refractivity contribution in [3.63, 3.8) is 0 Å². The Morgan fingerprint density at radius 1 is 0.831 bits per heavy atom. The van der Waals surface area contributed by atoms with E-state index in [0.717, 1.165) is 38.4 Å². The van der Waals surface area contributed by atoms with Gasteiger partial charge in [0.05, 0.1) is 11.4 Å². The number of carbonyl (C=O) groups excluding carboxylic acids is 5. The lowest BCUT2D eigenvalue weighted by atomic mass is 9.95. The maximum absolute atomic E-state index is 13.7. The van der Waals surface area contributed by atoms with Gasteiger partial charge in [-0.3, -0.25) is 24.0 Å². The van der Waals surface area contributed by atoms with E-state index in [1.807, 2.05) is 19.1 Å². The van der Waals surface area contributed by atoms with Crippen LogP contribution in [0.4, 0.5) is 11.4 Å². The molecule has 5 unspecified atom stereocenters. The molecule has 2 aromatic heterocycles. The number of nitrogens with zero attached hydrogens (tertiary/aromatic N) is 2. The van der Waals surface area contributed by atoms with Gasteiger partial charge in [-0.15, -0.1) is 22.7 Å². The van der Waals surface area contributed by atoms with Gasteiger partial charge in [-0.05, 0) is 81.5 Å². The normalized spacial score (nSPS) is 23.6. The molecule has 0 saturated carbocycles. The molecular formula is C41H46N8O7S3. The zero-order valence-corrected chi connectivity index (χ0v) is 34.9. The molecule has 0 bridgehead atoms. The first-order valence-electron chi connectivity index (χ1n) is 19.7. The molecule has 59 heavy (non-hydrogen) atoms. The molecule has 4 aliphatic rings. The highest BCUT2D eigenvalue weighted by atomic mass is 32.2. The van der Waals surface area contributed by atoms with Crippen molar-refractivity contribution in [2.24, 2.45) is 0 Å². The summed E-state index contributed by atoms with van der Waals surface area (Å²) in [6.07, 6.45) is 4.07. The first kappa shape index (κ1) is 40.5. The van der Waals surface area contributed by atoms with Crippen LogP contribution < -0.4 is 31.9 Å². The Morgan fingerprint density at radius 3 is 2.03 bits per heavy atom. The lowest BCUT2D eigenvalue weighted by Gasteiger charge is -2.39. The van der Waals surface area contributed by atoms with Gasteiger partial charge in [-0.2, -0.15) is 4.31 Å². The van der Waals surface area contributed by atoms with Crippen LogP contribution in [0.2, 0.25) is 0 Å². The minimum atomic E-state index is -3.92. The average molecular weight is 859 g/mol. The second-order valence-corrected chi connectivity index (χ2v) is 19.5. The van der Waals surface area contributed by atoms with Crippen LogP contribution in [0.25, 0.3) is 20.2 Å². The summed E-state index contributed by atoms with van der Waals surface area (Å²) in [6.45, 7) is 11.0. The van der Waals surface area contributed by atoms with Gasteiger partial charge < -0.3 is 36.8 Å². The molecule has 5 atom stereocenters. The Balaban J connectivity index is 0.929. The van der Waals surface area contributed by atoms with E-state index in [1.54, 1.807) is 29.2 Å². The van der Waals surface area contributed by atoms with E-state index in [-0.39, 0.29) is 48.2 Å². The molecule has 2 saturated heterocycles. The second-order valence-electron chi connectivity index (χ2n) is 15.6. The third-order valence-electron chi connectivity index (χ3n) is 11.5. The van der Waals surface area contributed by atoms with Crippen molar-refractivity contribution in [2.75, 3.05) is 43.4 Å². The summed E-state index contributed by atoms with van der Waals surface area (Å²) >= 11 is 2.67. The van der Waals surface area contributed by atoms with Gasteiger partial charge in [0.25, 0.3) is 23.6 Å². The summed E-state index contributed by atoms with van der Waals surface area (Å²) in [5, 5.41) is 21.3. The minimum Gasteiger partial charge on any atom is -0.381 e. The van der Waals surface area contributed by atoms with Crippen LogP contribution in [0.1, 0.15) is 79.1 Å². The van der Waals surface area contributed by atoms with Crippen LogP contribution in [-0.4, -0.2) is 110 Å². The molecule has 0 aliphatic carbocycles. The van der Waals surface area contributed by atoms with Crippen molar-refractivity contribution < 1.29 is 32.4 Å². The Bertz CT molecular complexity index is 2520. The molecular weight excluding hydrogens is 813 g/mol. The average Bonchev–Trinajstić information content (AvgIpc) is 3.70. The van der Waals surface area contributed by atoms with Crippen molar-refractivity contribution in [1.82, 2.24) is 30.5 Å². The van der Waals surface area contributed by atoms with E-state index >= 15 is 0 Å². The molecule has 310 valence electrons. The Labute approximate surface area is 349 Å². The lowest BCUT2D eigenvalue weighted by molar-refractivity contribution is -0.127. The van der Waals surface area contributed by atoms with Gasteiger partial charge in [0.2, 0.25) is 15.9 Å². The second kappa shape index (κ2) is 16.4. The van der Waals surface area contributed by atoms with E-state index in [2.05, 4.69) is 45.1 Å². The van der Waals surface area contributed by atoms with Crippen LogP contribution in [-0.2, 0) is 14.8 Å². The number of rotatable bonds is 9. The third kappa shape index (κ3) is 8.18. The fraction of sp³-hybridized carbons (Fsp3) is 0.390. The fourth-order valence-electron chi connectivity index (χ4n) is 8.46. The maximum Gasteiger partial charge on any atom is 0.263 e.